The molecule has 6 nitrogen and oxygen atoms in total. The number of pyridine rings is 2. The summed E-state index contributed by atoms with van der Waals surface area (Å²) < 4.78 is 0. The summed E-state index contributed by atoms with van der Waals surface area (Å²) in [6.45, 7) is 9.91. The number of aromatic nitrogens is 2. The van der Waals surface area contributed by atoms with Crippen molar-refractivity contribution in [3.8, 4) is 23.6 Å². The first-order chi connectivity index (χ1) is 16.9. The highest BCUT2D eigenvalue weighted by molar-refractivity contribution is 5.99. The van der Waals surface area contributed by atoms with Crippen molar-refractivity contribution in [1.82, 2.24) is 19.9 Å². The maximum absolute atomic E-state index is 12.9. The summed E-state index contributed by atoms with van der Waals surface area (Å²) in [5.74, 6) is 2.50. The minimum atomic E-state index is -0.0610. The fourth-order valence-electron chi connectivity index (χ4n) is 5.79. The number of aryl methyl sites for hydroxylation is 2. The Morgan fingerprint density at radius 3 is 2.83 bits per heavy atom. The van der Waals surface area contributed by atoms with Gasteiger partial charge in [0.05, 0.1) is 30.0 Å². The van der Waals surface area contributed by atoms with Crippen LogP contribution in [0, 0.1) is 17.8 Å². The van der Waals surface area contributed by atoms with E-state index in [2.05, 4.69) is 48.8 Å². The van der Waals surface area contributed by atoms with E-state index in [1.54, 1.807) is 4.90 Å². The molecule has 2 aliphatic carbocycles. The van der Waals surface area contributed by atoms with Gasteiger partial charge in [0.1, 0.15) is 0 Å². The fraction of sp³-hybridized carbons (Fsp3) is 0.448. The molecule has 35 heavy (non-hydrogen) atoms. The van der Waals surface area contributed by atoms with Crippen molar-refractivity contribution >= 4 is 18.2 Å². The lowest BCUT2D eigenvalue weighted by molar-refractivity contribution is 0.0798. The first kappa shape index (κ1) is 23.3. The molecule has 0 aromatic carbocycles. The number of rotatable bonds is 7. The lowest BCUT2D eigenvalue weighted by Gasteiger charge is -2.28. The molecule has 180 valence electrons. The Bertz CT molecular complexity index is 1250. The number of carbonyl (C=O) groups is 1. The maximum atomic E-state index is 12.9. The van der Waals surface area contributed by atoms with Crippen LogP contribution in [0.2, 0.25) is 0 Å². The molecule has 0 atom stereocenters. The summed E-state index contributed by atoms with van der Waals surface area (Å²) in [4.78, 5) is 24.3. The molecule has 1 amide bonds. The topological polar surface area (TPSA) is 61.7 Å². The summed E-state index contributed by atoms with van der Waals surface area (Å²) >= 11 is 0. The van der Waals surface area contributed by atoms with Crippen molar-refractivity contribution in [2.75, 3.05) is 13.1 Å². The third-order valence-corrected chi connectivity index (χ3v) is 7.74. The van der Waals surface area contributed by atoms with Crippen LogP contribution < -0.4 is 0 Å². The monoisotopic (exact) mass is 467 g/mol. The average molecular weight is 468 g/mol. The van der Waals surface area contributed by atoms with Crippen LogP contribution in [0.25, 0.3) is 16.8 Å². The highest BCUT2D eigenvalue weighted by Gasteiger charge is 2.31. The summed E-state index contributed by atoms with van der Waals surface area (Å²) in [6, 6.07) is 4.21. The number of allylic oxidation sites excluding steroid dienone is 1. The van der Waals surface area contributed by atoms with E-state index in [1.807, 2.05) is 17.3 Å². The molecule has 0 bridgehead atoms. The smallest absolute Gasteiger partial charge is 0.256 e. The highest BCUT2D eigenvalue weighted by atomic mass is 16.2. The van der Waals surface area contributed by atoms with Gasteiger partial charge in [-0.1, -0.05) is 25.7 Å². The third kappa shape index (κ3) is 4.48. The van der Waals surface area contributed by atoms with E-state index in [4.69, 9.17) is 11.4 Å². The second-order valence-electron chi connectivity index (χ2n) is 10.5. The predicted molar refractivity (Wildman–Crippen MR) is 140 cm³/mol. The molecular formula is C29H33N5O. The Balaban J connectivity index is 1.53. The number of hydrazone groups is 1. The van der Waals surface area contributed by atoms with E-state index in [0.717, 1.165) is 59.6 Å². The van der Waals surface area contributed by atoms with Crippen LogP contribution in [-0.2, 0) is 19.4 Å². The van der Waals surface area contributed by atoms with Gasteiger partial charge in [-0.15, -0.1) is 6.42 Å². The van der Waals surface area contributed by atoms with Gasteiger partial charge in [0, 0.05) is 42.5 Å². The molecular weight excluding hydrogens is 434 g/mol. The van der Waals surface area contributed by atoms with Gasteiger partial charge in [0.25, 0.3) is 5.91 Å². The van der Waals surface area contributed by atoms with Gasteiger partial charge >= 0.3 is 0 Å². The van der Waals surface area contributed by atoms with Gasteiger partial charge < -0.3 is 4.90 Å². The minimum absolute atomic E-state index is 0.0610. The van der Waals surface area contributed by atoms with Crippen LogP contribution >= 0.6 is 0 Å². The molecule has 1 aliphatic heterocycles. The summed E-state index contributed by atoms with van der Waals surface area (Å²) in [7, 11) is 0. The molecule has 1 fully saturated rings. The molecule has 0 spiro atoms. The molecule has 0 unspecified atom stereocenters. The number of fused-ring (bicyclic) bond motifs is 2. The Morgan fingerprint density at radius 1 is 1.29 bits per heavy atom. The standard InChI is InChI=1S/C29H33N5O/c1-5-13-33-18-26-24(28(33)35)15-22(16-31-26)27-23(14-21-9-8-10-25(21)32-27)20(2)17-34(30-4)19-29(3)11-6-7-12-29/h1,14-17H,4,6-13,18-19H2,2-3H3/b20-17+. The van der Waals surface area contributed by atoms with E-state index >= 15 is 0 Å². The van der Waals surface area contributed by atoms with E-state index in [0.29, 0.717) is 12.1 Å². The first-order valence-electron chi connectivity index (χ1n) is 12.6. The van der Waals surface area contributed by atoms with Gasteiger partial charge in [-0.2, -0.15) is 5.10 Å². The Labute approximate surface area is 208 Å². The molecule has 1 saturated carbocycles. The molecule has 0 N–H and O–H groups in total. The van der Waals surface area contributed by atoms with Crippen LogP contribution in [0.3, 0.4) is 0 Å². The number of hydrogen-bond donors (Lipinski definition) is 0. The molecule has 2 aromatic heterocycles. The Hall–Kier alpha value is -3.46. The molecule has 2 aromatic rings. The van der Waals surface area contributed by atoms with Crippen LogP contribution in [-0.4, -0.2) is 45.6 Å². The van der Waals surface area contributed by atoms with Gasteiger partial charge in [-0.05, 0) is 67.7 Å². The van der Waals surface area contributed by atoms with Crippen LogP contribution in [0.5, 0.6) is 0 Å². The number of terminal acetylenes is 1. The van der Waals surface area contributed by atoms with Gasteiger partial charge in [0.15, 0.2) is 0 Å². The van der Waals surface area contributed by atoms with Gasteiger partial charge in [0.2, 0.25) is 0 Å². The van der Waals surface area contributed by atoms with E-state index in [-0.39, 0.29) is 17.9 Å². The summed E-state index contributed by atoms with van der Waals surface area (Å²) in [6.07, 6.45) is 17.6. The predicted octanol–water partition coefficient (Wildman–Crippen LogP) is 5.08. The van der Waals surface area contributed by atoms with Crippen LogP contribution in [0.4, 0.5) is 0 Å². The normalized spacial score (nSPS) is 18.4. The minimum Gasteiger partial charge on any atom is -0.322 e. The molecule has 3 heterocycles. The molecule has 0 radical (unpaired) electrons. The number of nitrogens with zero attached hydrogens (tertiary/aromatic N) is 5. The highest BCUT2D eigenvalue weighted by Crippen LogP contribution is 2.39. The van der Waals surface area contributed by atoms with Crippen molar-refractivity contribution in [3.63, 3.8) is 0 Å². The summed E-state index contributed by atoms with van der Waals surface area (Å²) in [5, 5.41) is 6.31. The van der Waals surface area contributed by atoms with Gasteiger partial charge in [-0.25, -0.2) is 0 Å². The fourth-order valence-corrected chi connectivity index (χ4v) is 5.79. The molecule has 0 saturated heterocycles. The Kier molecular flexibility index (Phi) is 6.19. The lowest BCUT2D eigenvalue weighted by Crippen LogP contribution is -2.27. The van der Waals surface area contributed by atoms with Crippen molar-refractivity contribution < 1.29 is 4.79 Å². The number of hydrogen-bond acceptors (Lipinski definition) is 5. The zero-order valence-electron chi connectivity index (χ0n) is 20.8. The molecule has 3 aliphatic rings. The van der Waals surface area contributed by atoms with Crippen LogP contribution in [0.15, 0.2) is 29.6 Å². The average Bonchev–Trinajstić information content (AvgIpc) is 3.57. The SMILES string of the molecule is C#CCN1Cc2ncc(-c3nc4c(cc3/C(C)=C/N(CC3(C)CCCC3)N=C)CCC4)cc2C1=O. The van der Waals surface area contributed by atoms with E-state index in [9.17, 15) is 4.79 Å². The Morgan fingerprint density at radius 2 is 2.09 bits per heavy atom. The van der Waals surface area contributed by atoms with Crippen molar-refractivity contribution in [1.29, 1.82) is 0 Å². The zero-order chi connectivity index (χ0) is 24.6. The summed E-state index contributed by atoms with van der Waals surface area (Å²) in [5.41, 5.74) is 7.99. The lowest BCUT2D eigenvalue weighted by atomic mass is 9.88. The molecule has 6 heteroatoms. The largest absolute Gasteiger partial charge is 0.322 e. The zero-order valence-corrected chi connectivity index (χ0v) is 20.8. The van der Waals surface area contributed by atoms with E-state index in [1.165, 1.54) is 31.2 Å². The second kappa shape index (κ2) is 9.30. The number of carbonyl (C=O) groups excluding carboxylic acids is 1. The second-order valence-corrected chi connectivity index (χ2v) is 10.5. The molecule has 5 rings (SSSR count). The first-order valence-corrected chi connectivity index (χ1v) is 12.6. The van der Waals surface area contributed by atoms with Crippen molar-refractivity contribution in [2.24, 2.45) is 10.5 Å². The van der Waals surface area contributed by atoms with Crippen molar-refractivity contribution in [2.45, 2.75) is 65.3 Å². The number of amides is 1. The van der Waals surface area contributed by atoms with Crippen molar-refractivity contribution in [3.05, 3.63) is 52.6 Å². The quantitative estimate of drug-likeness (QED) is 0.324. The van der Waals surface area contributed by atoms with E-state index < -0.39 is 0 Å². The maximum Gasteiger partial charge on any atom is 0.256 e. The van der Waals surface area contributed by atoms with Crippen LogP contribution in [0.1, 0.15) is 78.8 Å². The third-order valence-electron chi connectivity index (χ3n) is 7.74. The van der Waals surface area contributed by atoms with Gasteiger partial charge in [-0.3, -0.25) is 19.8 Å².